The van der Waals surface area contributed by atoms with E-state index in [0.717, 1.165) is 25.1 Å². The van der Waals surface area contributed by atoms with Crippen molar-refractivity contribution in [1.29, 1.82) is 0 Å². The molecule has 0 radical (unpaired) electrons. The zero-order chi connectivity index (χ0) is 13.8. The van der Waals surface area contributed by atoms with Gasteiger partial charge >= 0.3 is 0 Å². The number of nitrogens with one attached hydrogen (secondary N) is 1. The Bertz CT molecular complexity index is 417. The summed E-state index contributed by atoms with van der Waals surface area (Å²) in [7, 11) is 0. The van der Waals surface area contributed by atoms with Gasteiger partial charge in [0.2, 0.25) is 0 Å². The molecule has 3 rings (SSSR count). The minimum Gasteiger partial charge on any atom is -0.375 e. The number of pyridine rings is 1. The summed E-state index contributed by atoms with van der Waals surface area (Å²) < 4.78 is 6.16. The van der Waals surface area contributed by atoms with Crippen LogP contribution in [0.25, 0.3) is 0 Å². The highest BCUT2D eigenvalue weighted by atomic mass is 32.2. The molecule has 5 heteroatoms. The number of hydrogen-bond acceptors (Lipinski definition) is 5. The lowest BCUT2D eigenvalue weighted by molar-refractivity contribution is -0.107. The standard InChI is InChI=1S/C15H23N3OS/c16-18-14(13-3-1-2-7-17-13)12-4-8-19-15(11-12)5-9-20-10-6-15/h1-3,7,12,14,18H,4-6,8-11,16H2. The molecule has 2 unspecified atom stereocenters. The third-order valence-corrected chi connectivity index (χ3v) is 5.58. The third kappa shape index (κ3) is 3.01. The van der Waals surface area contributed by atoms with Crippen molar-refractivity contribution in [2.24, 2.45) is 11.8 Å². The summed E-state index contributed by atoms with van der Waals surface area (Å²) in [4.78, 5) is 4.47. The van der Waals surface area contributed by atoms with Crippen molar-refractivity contribution in [2.75, 3.05) is 18.1 Å². The first kappa shape index (κ1) is 14.3. The average molecular weight is 293 g/mol. The maximum atomic E-state index is 6.16. The normalized spacial score (nSPS) is 27.4. The molecule has 3 heterocycles. The van der Waals surface area contributed by atoms with Crippen LogP contribution < -0.4 is 11.3 Å². The van der Waals surface area contributed by atoms with Gasteiger partial charge in [-0.1, -0.05) is 6.07 Å². The minimum absolute atomic E-state index is 0.0953. The van der Waals surface area contributed by atoms with Gasteiger partial charge in [-0.05, 0) is 55.2 Å². The van der Waals surface area contributed by atoms with E-state index >= 15 is 0 Å². The van der Waals surface area contributed by atoms with Crippen molar-refractivity contribution in [3.05, 3.63) is 30.1 Å². The molecular formula is C15H23N3OS. The maximum Gasteiger partial charge on any atom is 0.0701 e. The Hall–Kier alpha value is -0.620. The summed E-state index contributed by atoms with van der Waals surface area (Å²) in [6, 6.07) is 6.16. The molecule has 2 saturated heterocycles. The first-order valence-corrected chi connectivity index (χ1v) is 8.57. The number of hydrazine groups is 1. The van der Waals surface area contributed by atoms with Crippen molar-refractivity contribution in [1.82, 2.24) is 10.4 Å². The van der Waals surface area contributed by atoms with E-state index in [1.807, 2.05) is 30.1 Å². The highest BCUT2D eigenvalue weighted by Gasteiger charge is 2.41. The zero-order valence-corrected chi connectivity index (χ0v) is 12.6. The van der Waals surface area contributed by atoms with E-state index in [-0.39, 0.29) is 11.6 Å². The predicted molar refractivity (Wildman–Crippen MR) is 82.3 cm³/mol. The highest BCUT2D eigenvalue weighted by molar-refractivity contribution is 7.99. The lowest BCUT2D eigenvalue weighted by atomic mass is 9.78. The van der Waals surface area contributed by atoms with Gasteiger partial charge in [0, 0.05) is 12.8 Å². The van der Waals surface area contributed by atoms with E-state index in [4.69, 9.17) is 10.6 Å². The van der Waals surface area contributed by atoms with Crippen molar-refractivity contribution in [3.63, 3.8) is 0 Å². The number of hydrogen-bond donors (Lipinski definition) is 2. The quantitative estimate of drug-likeness (QED) is 0.661. The van der Waals surface area contributed by atoms with Crippen molar-refractivity contribution in [2.45, 2.75) is 37.3 Å². The second-order valence-corrected chi connectivity index (χ2v) is 7.02. The van der Waals surface area contributed by atoms with Gasteiger partial charge in [0.25, 0.3) is 0 Å². The lowest BCUT2D eigenvalue weighted by Gasteiger charge is -2.45. The van der Waals surface area contributed by atoms with Gasteiger partial charge in [-0.2, -0.15) is 11.8 Å². The Morgan fingerprint density at radius 3 is 2.95 bits per heavy atom. The van der Waals surface area contributed by atoms with Gasteiger partial charge in [-0.3, -0.25) is 16.3 Å². The Morgan fingerprint density at radius 2 is 2.25 bits per heavy atom. The minimum atomic E-state index is 0.0953. The van der Waals surface area contributed by atoms with Gasteiger partial charge in [0.05, 0.1) is 17.3 Å². The molecule has 4 nitrogen and oxygen atoms in total. The monoisotopic (exact) mass is 293 g/mol. The Kier molecular flexibility index (Phi) is 4.61. The number of nitrogens with zero attached hydrogens (tertiary/aromatic N) is 1. The zero-order valence-electron chi connectivity index (χ0n) is 11.8. The van der Waals surface area contributed by atoms with Gasteiger partial charge in [0.1, 0.15) is 0 Å². The predicted octanol–water partition coefficient (Wildman–Crippen LogP) is 2.28. The van der Waals surface area contributed by atoms with E-state index < -0.39 is 0 Å². The fraction of sp³-hybridized carbons (Fsp3) is 0.667. The summed E-state index contributed by atoms with van der Waals surface area (Å²) in [6.45, 7) is 0.848. The molecule has 0 aliphatic carbocycles. The number of thioether (sulfide) groups is 1. The average Bonchev–Trinajstić information content (AvgIpc) is 2.50. The highest BCUT2D eigenvalue weighted by Crippen LogP contribution is 2.43. The molecule has 0 aromatic carbocycles. The largest absolute Gasteiger partial charge is 0.375 e. The molecule has 0 bridgehead atoms. The van der Waals surface area contributed by atoms with Crippen LogP contribution in [0.3, 0.4) is 0 Å². The SMILES string of the molecule is NNC(c1ccccn1)C1CCOC2(CCSCC2)C1. The molecule has 20 heavy (non-hydrogen) atoms. The van der Waals surface area contributed by atoms with E-state index in [0.29, 0.717) is 5.92 Å². The van der Waals surface area contributed by atoms with Crippen LogP contribution in [-0.2, 0) is 4.74 Å². The molecule has 2 aliphatic heterocycles. The van der Waals surface area contributed by atoms with Crippen LogP contribution in [0, 0.1) is 5.92 Å². The van der Waals surface area contributed by atoms with E-state index in [1.165, 1.54) is 24.3 Å². The third-order valence-electron chi connectivity index (χ3n) is 4.59. The molecule has 2 fully saturated rings. The molecule has 1 aromatic heterocycles. The van der Waals surface area contributed by atoms with E-state index in [1.54, 1.807) is 0 Å². The topological polar surface area (TPSA) is 60.2 Å². The fourth-order valence-corrected chi connectivity index (χ4v) is 4.70. The fourth-order valence-electron chi connectivity index (χ4n) is 3.46. The number of rotatable bonds is 3. The molecule has 0 saturated carbocycles. The number of nitrogens with two attached hydrogens (primary N) is 1. The van der Waals surface area contributed by atoms with Gasteiger partial charge in [0.15, 0.2) is 0 Å². The Balaban J connectivity index is 1.75. The second kappa shape index (κ2) is 6.43. The molecule has 1 aromatic rings. The molecule has 1 spiro atoms. The Labute approximate surface area is 124 Å². The van der Waals surface area contributed by atoms with Crippen LogP contribution in [-0.4, -0.2) is 28.7 Å². The summed E-state index contributed by atoms with van der Waals surface area (Å²) in [5.74, 6) is 8.76. The maximum absolute atomic E-state index is 6.16. The van der Waals surface area contributed by atoms with Gasteiger partial charge in [-0.25, -0.2) is 0 Å². The molecule has 2 atom stereocenters. The van der Waals surface area contributed by atoms with E-state index in [9.17, 15) is 0 Å². The summed E-state index contributed by atoms with van der Waals surface area (Å²) in [5, 5.41) is 0. The summed E-state index contributed by atoms with van der Waals surface area (Å²) >= 11 is 2.04. The molecule has 2 aliphatic rings. The van der Waals surface area contributed by atoms with Crippen LogP contribution in [0.4, 0.5) is 0 Å². The molecular weight excluding hydrogens is 270 g/mol. The lowest BCUT2D eigenvalue weighted by Crippen LogP contribution is -2.46. The summed E-state index contributed by atoms with van der Waals surface area (Å²) in [5.41, 5.74) is 4.13. The van der Waals surface area contributed by atoms with Crippen LogP contribution in [0.2, 0.25) is 0 Å². The summed E-state index contributed by atoms with van der Waals surface area (Å²) in [6.07, 6.45) is 6.34. The molecule has 3 N–H and O–H groups in total. The first-order chi connectivity index (χ1) is 9.83. The van der Waals surface area contributed by atoms with Crippen LogP contribution in [0.5, 0.6) is 0 Å². The number of aromatic nitrogens is 1. The van der Waals surface area contributed by atoms with Crippen LogP contribution in [0.1, 0.15) is 37.4 Å². The van der Waals surface area contributed by atoms with Gasteiger partial charge in [-0.15, -0.1) is 0 Å². The smallest absolute Gasteiger partial charge is 0.0701 e. The van der Waals surface area contributed by atoms with Crippen molar-refractivity contribution < 1.29 is 4.74 Å². The van der Waals surface area contributed by atoms with Gasteiger partial charge < -0.3 is 4.74 Å². The van der Waals surface area contributed by atoms with Crippen molar-refractivity contribution in [3.8, 4) is 0 Å². The first-order valence-electron chi connectivity index (χ1n) is 7.42. The molecule has 110 valence electrons. The Morgan fingerprint density at radius 1 is 1.40 bits per heavy atom. The number of ether oxygens (including phenoxy) is 1. The van der Waals surface area contributed by atoms with Crippen LogP contribution >= 0.6 is 11.8 Å². The second-order valence-electron chi connectivity index (χ2n) is 5.80. The molecule has 0 amide bonds. The van der Waals surface area contributed by atoms with E-state index in [2.05, 4.69) is 16.5 Å². The van der Waals surface area contributed by atoms with Crippen molar-refractivity contribution >= 4 is 11.8 Å². The van der Waals surface area contributed by atoms with Crippen LogP contribution in [0.15, 0.2) is 24.4 Å².